The van der Waals surface area contributed by atoms with E-state index in [4.69, 9.17) is 0 Å². The summed E-state index contributed by atoms with van der Waals surface area (Å²) in [6.45, 7) is 1.28. The van der Waals surface area contributed by atoms with Crippen LogP contribution in [0.2, 0.25) is 0 Å². The summed E-state index contributed by atoms with van der Waals surface area (Å²) in [6.07, 6.45) is 8.65. The maximum Gasteiger partial charge on any atom is 0.0285 e. The molecule has 1 heteroatoms. The highest BCUT2D eigenvalue weighted by atomic mass is 15.2. The predicted molar refractivity (Wildman–Crippen MR) is 33.5 cm³/mol. The van der Waals surface area contributed by atoms with E-state index in [2.05, 4.69) is 17.2 Å². The van der Waals surface area contributed by atoms with Gasteiger partial charge in [0.25, 0.3) is 0 Å². The first kappa shape index (κ1) is 4.42. The van der Waals surface area contributed by atoms with E-state index in [1.165, 1.54) is 25.8 Å². The van der Waals surface area contributed by atoms with Crippen molar-refractivity contribution < 1.29 is 0 Å². The van der Waals surface area contributed by atoms with E-state index < -0.39 is 0 Å². The van der Waals surface area contributed by atoms with Crippen LogP contribution >= 0.6 is 0 Å². The van der Waals surface area contributed by atoms with Crippen molar-refractivity contribution in [3.63, 3.8) is 0 Å². The molecule has 0 unspecified atom stereocenters. The second-order valence-electron chi connectivity index (χ2n) is 2.64. The van der Waals surface area contributed by atoms with Crippen LogP contribution in [0.25, 0.3) is 0 Å². The Balaban J connectivity index is 1.95. The number of hydrogen-bond donors (Lipinski definition) is 0. The standard InChI is InChI=1S/C7H11N/c1-2-6-8(5-1)7-3-4-7/h1,5,7H,2-4,6H2. The first-order chi connectivity index (χ1) is 3.97. The summed E-state index contributed by atoms with van der Waals surface area (Å²) in [5.74, 6) is 0. The van der Waals surface area contributed by atoms with Crippen LogP contribution in [-0.2, 0) is 0 Å². The molecular weight excluding hydrogens is 98.1 g/mol. The summed E-state index contributed by atoms with van der Waals surface area (Å²) in [6, 6.07) is 0.939. The second kappa shape index (κ2) is 1.51. The van der Waals surface area contributed by atoms with Crippen molar-refractivity contribution >= 4 is 0 Å². The third-order valence-electron chi connectivity index (χ3n) is 1.87. The molecule has 0 spiro atoms. The molecule has 0 aromatic heterocycles. The first-order valence-corrected chi connectivity index (χ1v) is 3.39. The zero-order chi connectivity index (χ0) is 5.40. The number of hydrogen-bond acceptors (Lipinski definition) is 1. The molecule has 0 bridgehead atoms. The van der Waals surface area contributed by atoms with E-state index in [1.54, 1.807) is 0 Å². The molecule has 44 valence electrons. The minimum absolute atomic E-state index is 0.939. The summed E-state index contributed by atoms with van der Waals surface area (Å²) in [4.78, 5) is 2.46. The molecule has 1 fully saturated rings. The van der Waals surface area contributed by atoms with Gasteiger partial charge in [-0.05, 0) is 25.5 Å². The Bertz CT molecular complexity index is 114. The Morgan fingerprint density at radius 3 is 2.75 bits per heavy atom. The first-order valence-electron chi connectivity index (χ1n) is 3.39. The van der Waals surface area contributed by atoms with E-state index in [0.717, 1.165) is 6.04 Å². The van der Waals surface area contributed by atoms with E-state index >= 15 is 0 Å². The van der Waals surface area contributed by atoms with Crippen molar-refractivity contribution in [1.29, 1.82) is 0 Å². The predicted octanol–water partition coefficient (Wildman–Crippen LogP) is 1.37. The zero-order valence-corrected chi connectivity index (χ0v) is 5.01. The second-order valence-corrected chi connectivity index (χ2v) is 2.64. The van der Waals surface area contributed by atoms with Crippen molar-refractivity contribution in [1.82, 2.24) is 4.90 Å². The van der Waals surface area contributed by atoms with Crippen molar-refractivity contribution in [2.75, 3.05) is 6.54 Å². The SMILES string of the molecule is C1=CN(C2CC2)CC1. The van der Waals surface area contributed by atoms with Crippen LogP contribution in [0.15, 0.2) is 12.3 Å². The number of rotatable bonds is 1. The van der Waals surface area contributed by atoms with Gasteiger partial charge in [-0.1, -0.05) is 6.08 Å². The van der Waals surface area contributed by atoms with Crippen LogP contribution in [-0.4, -0.2) is 17.5 Å². The molecule has 2 aliphatic rings. The molecule has 0 radical (unpaired) electrons. The van der Waals surface area contributed by atoms with Gasteiger partial charge in [-0.15, -0.1) is 0 Å². The van der Waals surface area contributed by atoms with Gasteiger partial charge in [-0.25, -0.2) is 0 Å². The fourth-order valence-corrected chi connectivity index (χ4v) is 1.22. The summed E-state index contributed by atoms with van der Waals surface area (Å²) < 4.78 is 0. The van der Waals surface area contributed by atoms with Crippen molar-refractivity contribution in [3.05, 3.63) is 12.3 Å². The van der Waals surface area contributed by atoms with Crippen molar-refractivity contribution in [3.8, 4) is 0 Å². The van der Waals surface area contributed by atoms with Gasteiger partial charge in [-0.2, -0.15) is 0 Å². The average molecular weight is 109 g/mol. The van der Waals surface area contributed by atoms with Crippen LogP contribution in [0.1, 0.15) is 19.3 Å². The fourth-order valence-electron chi connectivity index (χ4n) is 1.22. The van der Waals surface area contributed by atoms with Gasteiger partial charge in [0.15, 0.2) is 0 Å². The van der Waals surface area contributed by atoms with Crippen LogP contribution < -0.4 is 0 Å². The van der Waals surface area contributed by atoms with Crippen LogP contribution in [0.4, 0.5) is 0 Å². The molecule has 0 atom stereocenters. The highest BCUT2D eigenvalue weighted by Crippen LogP contribution is 2.28. The zero-order valence-electron chi connectivity index (χ0n) is 5.01. The third-order valence-corrected chi connectivity index (χ3v) is 1.87. The lowest BCUT2D eigenvalue weighted by atomic mass is 10.5. The normalized spacial score (nSPS) is 27.2. The van der Waals surface area contributed by atoms with Gasteiger partial charge in [0.05, 0.1) is 0 Å². The Morgan fingerprint density at radius 1 is 1.38 bits per heavy atom. The molecule has 8 heavy (non-hydrogen) atoms. The topological polar surface area (TPSA) is 3.24 Å². The Labute approximate surface area is 50.0 Å². The van der Waals surface area contributed by atoms with E-state index in [-0.39, 0.29) is 0 Å². The number of nitrogens with zero attached hydrogens (tertiary/aromatic N) is 1. The lowest BCUT2D eigenvalue weighted by molar-refractivity contribution is 0.397. The van der Waals surface area contributed by atoms with Crippen LogP contribution in [0.5, 0.6) is 0 Å². The molecule has 1 heterocycles. The largest absolute Gasteiger partial charge is 0.374 e. The highest BCUT2D eigenvalue weighted by Gasteiger charge is 2.27. The molecule has 2 rings (SSSR count). The van der Waals surface area contributed by atoms with Crippen LogP contribution in [0.3, 0.4) is 0 Å². The molecule has 0 N–H and O–H groups in total. The van der Waals surface area contributed by atoms with E-state index in [1.807, 2.05) is 0 Å². The van der Waals surface area contributed by atoms with Gasteiger partial charge in [0, 0.05) is 12.6 Å². The lowest BCUT2D eigenvalue weighted by Crippen LogP contribution is -2.15. The molecule has 0 saturated heterocycles. The summed E-state index contributed by atoms with van der Waals surface area (Å²) in [5.41, 5.74) is 0. The maximum absolute atomic E-state index is 2.46. The minimum Gasteiger partial charge on any atom is -0.374 e. The highest BCUT2D eigenvalue weighted by molar-refractivity contribution is 4.98. The Hall–Kier alpha value is -0.460. The van der Waals surface area contributed by atoms with Crippen LogP contribution in [0, 0.1) is 0 Å². The summed E-state index contributed by atoms with van der Waals surface area (Å²) in [5, 5.41) is 0. The van der Waals surface area contributed by atoms with Crippen molar-refractivity contribution in [2.45, 2.75) is 25.3 Å². The third kappa shape index (κ3) is 0.623. The molecule has 0 aromatic rings. The van der Waals surface area contributed by atoms with E-state index in [0.29, 0.717) is 0 Å². The fraction of sp³-hybridized carbons (Fsp3) is 0.714. The summed E-state index contributed by atoms with van der Waals surface area (Å²) >= 11 is 0. The van der Waals surface area contributed by atoms with Gasteiger partial charge >= 0.3 is 0 Å². The summed E-state index contributed by atoms with van der Waals surface area (Å²) in [7, 11) is 0. The molecule has 0 amide bonds. The van der Waals surface area contributed by atoms with Gasteiger partial charge in [0.2, 0.25) is 0 Å². The maximum atomic E-state index is 2.46. The lowest BCUT2D eigenvalue weighted by Gasteiger charge is -2.12. The van der Waals surface area contributed by atoms with Crippen molar-refractivity contribution in [2.24, 2.45) is 0 Å². The van der Waals surface area contributed by atoms with Gasteiger partial charge in [0.1, 0.15) is 0 Å². The molecular formula is C7H11N. The van der Waals surface area contributed by atoms with Gasteiger partial charge in [-0.3, -0.25) is 0 Å². The molecule has 1 aliphatic heterocycles. The smallest absolute Gasteiger partial charge is 0.0285 e. The quantitative estimate of drug-likeness (QED) is 0.491. The van der Waals surface area contributed by atoms with Gasteiger partial charge < -0.3 is 4.90 Å². The molecule has 1 saturated carbocycles. The van der Waals surface area contributed by atoms with E-state index in [9.17, 15) is 0 Å². The molecule has 1 nitrogen and oxygen atoms in total. The molecule has 0 aromatic carbocycles. The molecule has 1 aliphatic carbocycles. The Kier molecular flexibility index (Phi) is 0.833. The monoisotopic (exact) mass is 109 g/mol. The Morgan fingerprint density at radius 2 is 2.25 bits per heavy atom. The minimum atomic E-state index is 0.939. The average Bonchev–Trinajstić information content (AvgIpc) is 2.49.